The van der Waals surface area contributed by atoms with Crippen molar-refractivity contribution in [3.63, 3.8) is 0 Å². The molecule has 2 heterocycles. The van der Waals surface area contributed by atoms with Crippen LogP contribution < -0.4 is 0 Å². The molecule has 78 valence electrons. The molecule has 0 aliphatic heterocycles. The summed E-state index contributed by atoms with van der Waals surface area (Å²) in [6.07, 6.45) is 2.71. The second-order valence-corrected chi connectivity index (χ2v) is 4.80. The molecule has 0 amide bonds. The maximum atomic E-state index is 10.8. The molecule has 0 unspecified atom stereocenters. The van der Waals surface area contributed by atoms with Crippen LogP contribution in [0.2, 0.25) is 0 Å². The number of rotatable bonds is 2. The molecule has 1 saturated carbocycles. The SMILES string of the molecule is Cc1nc2sccn2c1[C@@H]1C[C@H]1C(=O)O. The van der Waals surface area contributed by atoms with Gasteiger partial charge in [0.2, 0.25) is 0 Å². The van der Waals surface area contributed by atoms with E-state index in [2.05, 4.69) is 4.98 Å². The van der Waals surface area contributed by atoms with Crippen LogP contribution in [-0.2, 0) is 4.79 Å². The second kappa shape index (κ2) is 2.82. The van der Waals surface area contributed by atoms with Gasteiger partial charge < -0.3 is 5.11 Å². The van der Waals surface area contributed by atoms with Gasteiger partial charge in [-0.05, 0) is 13.3 Å². The van der Waals surface area contributed by atoms with E-state index in [9.17, 15) is 4.79 Å². The largest absolute Gasteiger partial charge is 0.481 e. The number of aliphatic carboxylic acids is 1. The maximum absolute atomic E-state index is 10.8. The molecule has 0 aromatic carbocycles. The van der Waals surface area contributed by atoms with E-state index in [0.717, 1.165) is 22.8 Å². The quantitative estimate of drug-likeness (QED) is 0.844. The third kappa shape index (κ3) is 1.19. The Bertz CT molecular complexity index is 543. The van der Waals surface area contributed by atoms with Gasteiger partial charge in [0.15, 0.2) is 4.96 Å². The van der Waals surface area contributed by atoms with Gasteiger partial charge in [-0.2, -0.15) is 0 Å². The lowest BCUT2D eigenvalue weighted by atomic mass is 10.2. The topological polar surface area (TPSA) is 54.6 Å². The summed E-state index contributed by atoms with van der Waals surface area (Å²) >= 11 is 1.58. The van der Waals surface area contributed by atoms with Crippen LogP contribution in [0.25, 0.3) is 4.96 Å². The molecule has 15 heavy (non-hydrogen) atoms. The Labute approximate surface area is 90.2 Å². The fourth-order valence-corrected chi connectivity index (χ4v) is 2.90. The molecule has 0 saturated heterocycles. The highest BCUT2D eigenvalue weighted by molar-refractivity contribution is 7.15. The van der Waals surface area contributed by atoms with Crippen molar-refractivity contribution in [3.8, 4) is 0 Å². The normalized spacial score (nSPS) is 24.6. The van der Waals surface area contributed by atoms with Crippen LogP contribution in [0.5, 0.6) is 0 Å². The highest BCUT2D eigenvalue weighted by Gasteiger charge is 2.46. The number of carboxylic acids is 1. The van der Waals surface area contributed by atoms with Gasteiger partial charge in [-0.15, -0.1) is 11.3 Å². The highest BCUT2D eigenvalue weighted by atomic mass is 32.1. The van der Waals surface area contributed by atoms with E-state index in [1.54, 1.807) is 11.3 Å². The maximum Gasteiger partial charge on any atom is 0.307 e. The van der Waals surface area contributed by atoms with E-state index in [1.165, 1.54) is 0 Å². The van der Waals surface area contributed by atoms with E-state index in [-0.39, 0.29) is 11.8 Å². The molecule has 1 N–H and O–H groups in total. The summed E-state index contributed by atoms with van der Waals surface area (Å²) in [5, 5.41) is 10.9. The molecule has 3 rings (SSSR count). The number of thiazole rings is 1. The molecule has 1 aliphatic carbocycles. The molecule has 0 radical (unpaired) electrons. The number of carboxylic acid groups (broad SMARTS) is 1. The van der Waals surface area contributed by atoms with Gasteiger partial charge in [-0.1, -0.05) is 0 Å². The molecule has 1 fully saturated rings. The van der Waals surface area contributed by atoms with Crippen molar-refractivity contribution >= 4 is 22.3 Å². The smallest absolute Gasteiger partial charge is 0.307 e. The van der Waals surface area contributed by atoms with Crippen molar-refractivity contribution < 1.29 is 9.90 Å². The van der Waals surface area contributed by atoms with E-state index in [0.29, 0.717) is 0 Å². The van der Waals surface area contributed by atoms with Gasteiger partial charge in [0, 0.05) is 17.5 Å². The molecule has 2 aromatic rings. The van der Waals surface area contributed by atoms with Crippen LogP contribution in [0.4, 0.5) is 0 Å². The minimum atomic E-state index is -0.690. The minimum Gasteiger partial charge on any atom is -0.481 e. The summed E-state index contributed by atoms with van der Waals surface area (Å²) in [5.41, 5.74) is 2.05. The third-order valence-corrected chi connectivity index (χ3v) is 3.70. The first-order chi connectivity index (χ1) is 7.18. The van der Waals surface area contributed by atoms with Crippen LogP contribution in [0.3, 0.4) is 0 Å². The van der Waals surface area contributed by atoms with Crippen molar-refractivity contribution in [2.24, 2.45) is 5.92 Å². The third-order valence-electron chi connectivity index (χ3n) is 2.94. The van der Waals surface area contributed by atoms with Crippen molar-refractivity contribution in [1.82, 2.24) is 9.38 Å². The molecule has 0 bridgehead atoms. The Hall–Kier alpha value is -1.36. The predicted molar refractivity (Wildman–Crippen MR) is 56.3 cm³/mol. The first-order valence-electron chi connectivity index (χ1n) is 4.83. The summed E-state index contributed by atoms with van der Waals surface area (Å²) < 4.78 is 2.02. The molecule has 2 aromatic heterocycles. The summed E-state index contributed by atoms with van der Waals surface area (Å²) in [6.45, 7) is 1.95. The van der Waals surface area contributed by atoms with Crippen LogP contribution in [0.15, 0.2) is 11.6 Å². The van der Waals surface area contributed by atoms with Crippen LogP contribution in [-0.4, -0.2) is 20.5 Å². The second-order valence-electron chi connectivity index (χ2n) is 3.92. The number of imidazole rings is 1. The van der Waals surface area contributed by atoms with Gasteiger partial charge in [-0.25, -0.2) is 4.98 Å². The lowest BCUT2D eigenvalue weighted by Gasteiger charge is -1.97. The number of aryl methyl sites for hydroxylation is 1. The summed E-state index contributed by atoms with van der Waals surface area (Å²) in [4.78, 5) is 16.2. The molecule has 0 spiro atoms. The zero-order valence-electron chi connectivity index (χ0n) is 8.17. The average molecular weight is 222 g/mol. The van der Waals surface area contributed by atoms with E-state index >= 15 is 0 Å². The van der Waals surface area contributed by atoms with Crippen molar-refractivity contribution in [3.05, 3.63) is 23.0 Å². The van der Waals surface area contributed by atoms with Gasteiger partial charge in [0.05, 0.1) is 17.3 Å². The summed E-state index contributed by atoms with van der Waals surface area (Å²) in [6, 6.07) is 0. The van der Waals surface area contributed by atoms with Gasteiger partial charge in [-0.3, -0.25) is 9.20 Å². The van der Waals surface area contributed by atoms with Crippen molar-refractivity contribution in [1.29, 1.82) is 0 Å². The molecule has 1 aliphatic rings. The monoisotopic (exact) mass is 222 g/mol. The number of aromatic nitrogens is 2. The van der Waals surface area contributed by atoms with E-state index in [1.807, 2.05) is 22.9 Å². The number of nitrogens with zero attached hydrogens (tertiary/aromatic N) is 2. The lowest BCUT2D eigenvalue weighted by molar-refractivity contribution is -0.138. The molecular weight excluding hydrogens is 212 g/mol. The van der Waals surface area contributed by atoms with Gasteiger partial charge >= 0.3 is 5.97 Å². The Morgan fingerprint density at radius 2 is 2.53 bits per heavy atom. The Kier molecular flexibility index (Phi) is 1.68. The summed E-state index contributed by atoms with van der Waals surface area (Å²) in [5.74, 6) is -0.736. The zero-order chi connectivity index (χ0) is 10.6. The number of carbonyl (C=O) groups is 1. The molecular formula is C10H10N2O2S. The van der Waals surface area contributed by atoms with Gasteiger partial charge in [0.25, 0.3) is 0 Å². The predicted octanol–water partition coefficient (Wildman–Crippen LogP) is 1.89. The Balaban J connectivity index is 2.07. The van der Waals surface area contributed by atoms with Crippen LogP contribution >= 0.6 is 11.3 Å². The fraction of sp³-hybridized carbons (Fsp3) is 0.400. The summed E-state index contributed by atoms with van der Waals surface area (Å²) in [7, 11) is 0. The van der Waals surface area contributed by atoms with E-state index < -0.39 is 5.97 Å². The van der Waals surface area contributed by atoms with Gasteiger partial charge in [0.1, 0.15) is 0 Å². The van der Waals surface area contributed by atoms with E-state index in [4.69, 9.17) is 5.11 Å². The standard InChI is InChI=1S/C10H10N2O2S/c1-5-8(6-4-7(6)9(13)14)12-2-3-15-10(12)11-5/h2-3,6-7H,4H2,1H3,(H,13,14)/t6-,7-/m1/s1. The molecule has 2 atom stereocenters. The minimum absolute atomic E-state index is 0.159. The first kappa shape index (κ1) is 8.91. The highest BCUT2D eigenvalue weighted by Crippen LogP contribution is 2.48. The Morgan fingerprint density at radius 1 is 1.73 bits per heavy atom. The number of hydrogen-bond acceptors (Lipinski definition) is 3. The molecule has 5 heteroatoms. The Morgan fingerprint density at radius 3 is 3.20 bits per heavy atom. The lowest BCUT2D eigenvalue weighted by Crippen LogP contribution is -2.00. The molecule has 4 nitrogen and oxygen atoms in total. The van der Waals surface area contributed by atoms with Crippen LogP contribution in [0, 0.1) is 12.8 Å². The van der Waals surface area contributed by atoms with Crippen molar-refractivity contribution in [2.45, 2.75) is 19.3 Å². The average Bonchev–Trinajstić information content (AvgIpc) is 2.71. The number of fused-ring (bicyclic) bond motifs is 1. The fourth-order valence-electron chi connectivity index (χ4n) is 2.13. The van der Waals surface area contributed by atoms with Crippen LogP contribution in [0.1, 0.15) is 23.7 Å². The number of hydrogen-bond donors (Lipinski definition) is 1. The zero-order valence-corrected chi connectivity index (χ0v) is 8.99. The van der Waals surface area contributed by atoms with Crippen molar-refractivity contribution in [2.75, 3.05) is 0 Å². The first-order valence-corrected chi connectivity index (χ1v) is 5.71.